The summed E-state index contributed by atoms with van der Waals surface area (Å²) < 4.78 is 34.4. The van der Waals surface area contributed by atoms with E-state index >= 15 is 0 Å². The van der Waals surface area contributed by atoms with Crippen LogP contribution in [0, 0.1) is 17.6 Å². The molecule has 0 bridgehead atoms. The number of benzene rings is 2. The first-order valence-electron chi connectivity index (χ1n) is 10.0. The van der Waals surface area contributed by atoms with E-state index in [0.29, 0.717) is 6.42 Å². The number of anilines is 1. The Hall–Kier alpha value is -2.96. The van der Waals surface area contributed by atoms with Crippen LogP contribution in [-0.4, -0.2) is 29.4 Å². The molecule has 1 heterocycles. The summed E-state index contributed by atoms with van der Waals surface area (Å²) in [6, 6.07) is 10.1. The zero-order valence-electron chi connectivity index (χ0n) is 17.4. The number of carboxylic acid groups (broad SMARTS) is 1. The maximum atomic E-state index is 14.5. The second-order valence-corrected chi connectivity index (χ2v) is 7.70. The Morgan fingerprint density at radius 1 is 1.23 bits per heavy atom. The molecule has 2 atom stereocenters. The smallest absolute Gasteiger partial charge is 0.306 e. The molecular formula is C23H26F2N2O3. The molecule has 1 aliphatic rings. The SMILES string of the molecule is CCc1ccc(N2N=C(C)CC2COc2c(F)cc(CC(C)C(=O)O)cc2F)cc1. The number of halogens is 2. The van der Waals surface area contributed by atoms with Gasteiger partial charge in [0.2, 0.25) is 0 Å². The third-order valence-electron chi connectivity index (χ3n) is 5.21. The van der Waals surface area contributed by atoms with Crippen molar-refractivity contribution in [1.29, 1.82) is 0 Å². The van der Waals surface area contributed by atoms with Crippen LogP contribution in [0.4, 0.5) is 14.5 Å². The van der Waals surface area contributed by atoms with Gasteiger partial charge in [-0.25, -0.2) is 8.78 Å². The number of carbonyl (C=O) groups is 1. The minimum Gasteiger partial charge on any atom is -0.485 e. The third-order valence-corrected chi connectivity index (χ3v) is 5.21. The largest absolute Gasteiger partial charge is 0.485 e. The molecule has 3 rings (SSSR count). The molecule has 5 nitrogen and oxygen atoms in total. The van der Waals surface area contributed by atoms with Crippen LogP contribution in [0.2, 0.25) is 0 Å². The number of hydrogen-bond donors (Lipinski definition) is 1. The van der Waals surface area contributed by atoms with Gasteiger partial charge in [0.05, 0.1) is 17.6 Å². The van der Waals surface area contributed by atoms with Crippen molar-refractivity contribution in [3.05, 3.63) is 59.2 Å². The Labute approximate surface area is 175 Å². The number of aryl methyl sites for hydroxylation is 1. The number of hydrogen-bond acceptors (Lipinski definition) is 4. The maximum absolute atomic E-state index is 14.5. The van der Waals surface area contributed by atoms with Gasteiger partial charge >= 0.3 is 5.97 Å². The summed E-state index contributed by atoms with van der Waals surface area (Å²) in [5.41, 5.74) is 3.32. The van der Waals surface area contributed by atoms with Crippen molar-refractivity contribution >= 4 is 17.4 Å². The number of nitrogens with zero attached hydrogens (tertiary/aromatic N) is 2. The van der Waals surface area contributed by atoms with Gasteiger partial charge in [-0.3, -0.25) is 9.80 Å². The predicted molar refractivity (Wildman–Crippen MR) is 112 cm³/mol. The second-order valence-electron chi connectivity index (χ2n) is 7.70. The highest BCUT2D eigenvalue weighted by Crippen LogP contribution is 2.28. The molecule has 1 N–H and O–H groups in total. The van der Waals surface area contributed by atoms with Crippen LogP contribution in [0.15, 0.2) is 41.5 Å². The normalized spacial score (nSPS) is 17.0. The Balaban J connectivity index is 1.71. The van der Waals surface area contributed by atoms with Crippen LogP contribution in [-0.2, 0) is 17.6 Å². The summed E-state index contributed by atoms with van der Waals surface area (Å²) in [6.45, 7) is 5.55. The van der Waals surface area contributed by atoms with Gasteiger partial charge in [-0.1, -0.05) is 26.0 Å². The van der Waals surface area contributed by atoms with Crippen molar-refractivity contribution in [3.63, 3.8) is 0 Å². The maximum Gasteiger partial charge on any atom is 0.306 e. The highest BCUT2D eigenvalue weighted by Gasteiger charge is 2.27. The molecule has 2 aromatic carbocycles. The summed E-state index contributed by atoms with van der Waals surface area (Å²) >= 11 is 0. The molecule has 2 aromatic rings. The molecule has 0 spiro atoms. The molecule has 160 valence electrons. The molecule has 0 saturated heterocycles. The van der Waals surface area contributed by atoms with Crippen molar-refractivity contribution in [2.75, 3.05) is 11.6 Å². The van der Waals surface area contributed by atoms with Gasteiger partial charge in [-0.15, -0.1) is 0 Å². The molecule has 0 amide bonds. The van der Waals surface area contributed by atoms with E-state index in [1.54, 1.807) is 0 Å². The number of carboxylic acids is 1. The summed E-state index contributed by atoms with van der Waals surface area (Å²) in [5, 5.41) is 15.4. The first-order valence-corrected chi connectivity index (χ1v) is 10.0. The van der Waals surface area contributed by atoms with Gasteiger partial charge in [-0.2, -0.15) is 5.10 Å². The van der Waals surface area contributed by atoms with Crippen LogP contribution < -0.4 is 9.75 Å². The van der Waals surface area contributed by atoms with E-state index in [0.717, 1.165) is 30.0 Å². The van der Waals surface area contributed by atoms with Crippen molar-refractivity contribution in [2.24, 2.45) is 11.0 Å². The van der Waals surface area contributed by atoms with E-state index in [-0.39, 0.29) is 24.6 Å². The molecule has 0 aromatic heterocycles. The Kier molecular flexibility index (Phi) is 6.70. The van der Waals surface area contributed by atoms with Crippen LogP contribution in [0.25, 0.3) is 0 Å². The van der Waals surface area contributed by atoms with Gasteiger partial charge in [0.15, 0.2) is 17.4 Å². The fourth-order valence-corrected chi connectivity index (χ4v) is 3.50. The number of rotatable bonds is 8. The van der Waals surface area contributed by atoms with Gasteiger partial charge in [0.25, 0.3) is 0 Å². The molecule has 1 aliphatic heterocycles. The summed E-state index contributed by atoms with van der Waals surface area (Å²) in [7, 11) is 0. The molecule has 7 heteroatoms. The average molecular weight is 416 g/mol. The van der Waals surface area contributed by atoms with Crippen molar-refractivity contribution in [2.45, 2.75) is 46.1 Å². The van der Waals surface area contributed by atoms with Crippen LogP contribution in [0.5, 0.6) is 5.75 Å². The zero-order chi connectivity index (χ0) is 21.8. The molecule has 0 radical (unpaired) electrons. The van der Waals surface area contributed by atoms with Gasteiger partial charge in [0, 0.05) is 12.1 Å². The molecule has 2 unspecified atom stereocenters. The van der Waals surface area contributed by atoms with Gasteiger partial charge in [-0.05, 0) is 55.2 Å². The van der Waals surface area contributed by atoms with Gasteiger partial charge < -0.3 is 9.84 Å². The fourth-order valence-electron chi connectivity index (χ4n) is 3.50. The molecule has 0 fully saturated rings. The lowest BCUT2D eigenvalue weighted by Gasteiger charge is -2.24. The standard InChI is InChI=1S/C23H26F2N2O3/c1-4-16-5-7-18(8-6-16)27-19(10-15(3)26-27)13-30-22-20(24)11-17(12-21(22)25)9-14(2)23(28)29/h5-8,11-12,14,19H,4,9-10,13H2,1-3H3,(H,28,29). The lowest BCUT2D eigenvalue weighted by molar-refractivity contribution is -0.141. The highest BCUT2D eigenvalue weighted by atomic mass is 19.1. The fraction of sp³-hybridized carbons (Fsp3) is 0.391. The highest BCUT2D eigenvalue weighted by molar-refractivity contribution is 5.86. The molecule has 0 aliphatic carbocycles. The van der Waals surface area contributed by atoms with Crippen molar-refractivity contribution in [3.8, 4) is 5.75 Å². The number of aliphatic carboxylic acids is 1. The van der Waals surface area contributed by atoms with E-state index in [4.69, 9.17) is 9.84 Å². The number of ether oxygens (including phenoxy) is 1. The zero-order valence-corrected chi connectivity index (χ0v) is 17.4. The second kappa shape index (κ2) is 9.24. The quantitative estimate of drug-likeness (QED) is 0.670. The molecular weight excluding hydrogens is 390 g/mol. The minimum absolute atomic E-state index is 0.0423. The Bertz CT molecular complexity index is 921. The van der Waals surface area contributed by atoms with Crippen molar-refractivity contribution in [1.82, 2.24) is 0 Å². The lowest BCUT2D eigenvalue weighted by atomic mass is 10.0. The first kappa shape index (κ1) is 21.7. The summed E-state index contributed by atoms with van der Waals surface area (Å²) in [4.78, 5) is 11.0. The monoisotopic (exact) mass is 416 g/mol. The van der Waals surface area contributed by atoms with Crippen LogP contribution in [0.3, 0.4) is 0 Å². The summed E-state index contributed by atoms with van der Waals surface area (Å²) in [6.07, 6.45) is 1.61. The molecule has 0 saturated carbocycles. The van der Waals surface area contributed by atoms with Gasteiger partial charge in [0.1, 0.15) is 6.61 Å². The number of hydrazone groups is 1. The predicted octanol–water partition coefficient (Wildman–Crippen LogP) is 4.82. The van der Waals surface area contributed by atoms with Crippen molar-refractivity contribution < 1.29 is 23.4 Å². The molecule has 30 heavy (non-hydrogen) atoms. The Morgan fingerprint density at radius 2 is 1.87 bits per heavy atom. The third kappa shape index (κ3) is 4.96. The van der Waals surface area contributed by atoms with E-state index in [9.17, 15) is 13.6 Å². The lowest BCUT2D eigenvalue weighted by Crippen LogP contribution is -2.32. The van der Waals surface area contributed by atoms with Crippen LogP contribution >= 0.6 is 0 Å². The van der Waals surface area contributed by atoms with E-state index < -0.39 is 29.3 Å². The van der Waals surface area contributed by atoms with E-state index in [2.05, 4.69) is 12.0 Å². The summed E-state index contributed by atoms with van der Waals surface area (Å²) in [5.74, 6) is -3.87. The minimum atomic E-state index is -1.01. The van der Waals surface area contributed by atoms with E-state index in [1.807, 2.05) is 36.2 Å². The Morgan fingerprint density at radius 3 is 2.43 bits per heavy atom. The van der Waals surface area contributed by atoms with Crippen LogP contribution in [0.1, 0.15) is 38.3 Å². The first-order chi connectivity index (χ1) is 14.3. The van der Waals surface area contributed by atoms with E-state index in [1.165, 1.54) is 12.5 Å². The topological polar surface area (TPSA) is 62.1 Å². The average Bonchev–Trinajstić information content (AvgIpc) is 3.07.